The number of aryl methyl sites for hydroxylation is 2. The van der Waals surface area contributed by atoms with Crippen LogP contribution in [0, 0.1) is 17.7 Å². The lowest BCUT2D eigenvalue weighted by Crippen LogP contribution is -2.18. The minimum atomic E-state index is 0.0530. The van der Waals surface area contributed by atoms with Crippen molar-refractivity contribution in [2.24, 2.45) is 4.99 Å². The molecule has 0 unspecified atom stereocenters. The lowest BCUT2D eigenvalue weighted by molar-refractivity contribution is -0.115. The number of hydrogen-bond donors (Lipinski definition) is 2. The minimum absolute atomic E-state index is 0.0530. The van der Waals surface area contributed by atoms with Gasteiger partial charge < -0.3 is 5.41 Å². The van der Waals surface area contributed by atoms with Crippen molar-refractivity contribution in [1.82, 2.24) is 9.97 Å². The Balaban J connectivity index is 1.83. The van der Waals surface area contributed by atoms with Gasteiger partial charge in [0.05, 0.1) is 21.3 Å². The fourth-order valence-electron chi connectivity index (χ4n) is 3.50. The van der Waals surface area contributed by atoms with E-state index in [1.165, 1.54) is 0 Å². The van der Waals surface area contributed by atoms with Gasteiger partial charge in [-0.3, -0.25) is 15.2 Å². The van der Waals surface area contributed by atoms with Gasteiger partial charge in [-0.05, 0) is 69.9 Å². The summed E-state index contributed by atoms with van der Waals surface area (Å²) in [4.78, 5) is 26.9. The molecule has 0 spiro atoms. The van der Waals surface area contributed by atoms with Crippen LogP contribution in [0.3, 0.4) is 0 Å². The molecule has 31 heavy (non-hydrogen) atoms. The number of nitrogens with one attached hydrogen (secondary N) is 2. The van der Waals surface area contributed by atoms with Gasteiger partial charge in [-0.15, -0.1) is 11.3 Å². The fraction of sp³-hybridized carbons (Fsp3) is 0.333. The van der Waals surface area contributed by atoms with Crippen LogP contribution in [-0.2, 0) is 11.2 Å². The lowest BCUT2D eigenvalue weighted by Gasteiger charge is -2.16. The van der Waals surface area contributed by atoms with Crippen molar-refractivity contribution in [1.29, 1.82) is 10.8 Å². The highest BCUT2D eigenvalue weighted by atomic mass is 32.1. The highest BCUT2D eigenvalue weighted by molar-refractivity contribution is 7.12. The summed E-state index contributed by atoms with van der Waals surface area (Å²) in [6.07, 6.45) is 6.86. The summed E-state index contributed by atoms with van der Waals surface area (Å²) in [6, 6.07) is 2.02. The Morgan fingerprint density at radius 1 is 1.19 bits per heavy atom. The van der Waals surface area contributed by atoms with E-state index in [2.05, 4.69) is 15.0 Å². The zero-order valence-electron chi connectivity index (χ0n) is 18.6. The van der Waals surface area contributed by atoms with E-state index in [1.54, 1.807) is 24.5 Å². The first-order valence-corrected chi connectivity index (χ1v) is 11.0. The molecule has 3 rings (SSSR count). The third kappa shape index (κ3) is 5.35. The third-order valence-electron chi connectivity index (χ3n) is 5.33. The molecule has 0 saturated carbocycles. The van der Waals surface area contributed by atoms with Gasteiger partial charge in [0.1, 0.15) is 5.84 Å². The van der Waals surface area contributed by atoms with Gasteiger partial charge in [0.15, 0.2) is 5.78 Å². The molecule has 3 heterocycles. The number of dihydropyridines is 1. The van der Waals surface area contributed by atoms with E-state index < -0.39 is 0 Å². The number of carbonyl (C=O) groups is 1. The largest absolute Gasteiger partial charge is 0.303 e. The monoisotopic (exact) mass is 433 g/mol. The Morgan fingerprint density at radius 2 is 1.94 bits per heavy atom. The normalized spacial score (nSPS) is 14.7. The van der Waals surface area contributed by atoms with Crippen LogP contribution in [0.25, 0.3) is 11.6 Å². The van der Waals surface area contributed by atoms with Crippen LogP contribution in [0.1, 0.15) is 67.2 Å². The first-order valence-electron chi connectivity index (χ1n) is 10.2. The molecule has 160 valence electrons. The smallest absolute Gasteiger partial charge is 0.159 e. The van der Waals surface area contributed by atoms with E-state index in [-0.39, 0.29) is 11.6 Å². The highest BCUT2D eigenvalue weighted by Crippen LogP contribution is 2.25. The van der Waals surface area contributed by atoms with Crippen LogP contribution in [-0.4, -0.2) is 33.0 Å². The zero-order valence-corrected chi connectivity index (χ0v) is 19.4. The molecule has 0 saturated heterocycles. The Bertz CT molecular complexity index is 1170. The standard InChI is InChI=1S/C24H27N5OS/c1-13(22-12-27-17(5)31-22)8-19-9-18(11-28-24(19)15(3)25)6-7-21(30)20-10-23(26)29-16(4)14(20)2/h8-9,11-12,25-26H,6-7,10H2,1-5H3/b13-8+,25-15?,26-23?. The molecule has 2 aromatic rings. The van der Waals surface area contributed by atoms with Crippen molar-refractivity contribution < 1.29 is 4.79 Å². The average Bonchev–Trinajstić information content (AvgIpc) is 3.15. The number of pyridine rings is 1. The van der Waals surface area contributed by atoms with Gasteiger partial charge >= 0.3 is 0 Å². The molecule has 0 bridgehead atoms. The molecule has 1 aliphatic rings. The Kier molecular flexibility index (Phi) is 6.85. The van der Waals surface area contributed by atoms with E-state index in [0.29, 0.717) is 36.2 Å². The van der Waals surface area contributed by atoms with Crippen LogP contribution in [0.2, 0.25) is 0 Å². The van der Waals surface area contributed by atoms with E-state index in [9.17, 15) is 4.79 Å². The highest BCUT2D eigenvalue weighted by Gasteiger charge is 2.20. The number of Topliss-reactive ketones (excluding diaryl/α,β-unsaturated/α-hetero) is 1. The molecule has 6 nitrogen and oxygen atoms in total. The summed E-state index contributed by atoms with van der Waals surface area (Å²) in [6.45, 7) is 9.47. The van der Waals surface area contributed by atoms with Gasteiger partial charge in [0.2, 0.25) is 0 Å². The predicted molar refractivity (Wildman–Crippen MR) is 129 cm³/mol. The number of allylic oxidation sites excluding steroid dienone is 2. The van der Waals surface area contributed by atoms with E-state index in [0.717, 1.165) is 37.9 Å². The van der Waals surface area contributed by atoms with E-state index in [1.807, 2.05) is 46.0 Å². The van der Waals surface area contributed by atoms with Crippen LogP contribution < -0.4 is 0 Å². The maximum Gasteiger partial charge on any atom is 0.159 e. The maximum absolute atomic E-state index is 12.8. The SMILES string of the molecule is CC(=N)c1ncc(CCC(=O)C2=C(C)C(C)=NC(=N)C2)cc1/C=C(\C)c1cnc(C)s1. The summed E-state index contributed by atoms with van der Waals surface area (Å²) >= 11 is 1.63. The first-order chi connectivity index (χ1) is 14.7. The molecular formula is C24H27N5OS. The van der Waals surface area contributed by atoms with E-state index >= 15 is 0 Å². The molecule has 1 aliphatic heterocycles. The fourth-order valence-corrected chi connectivity index (χ4v) is 4.25. The van der Waals surface area contributed by atoms with Crippen molar-refractivity contribution in [3.8, 4) is 0 Å². The number of rotatable bonds is 7. The van der Waals surface area contributed by atoms with Crippen molar-refractivity contribution in [3.63, 3.8) is 0 Å². The molecule has 0 aliphatic carbocycles. The molecule has 2 N–H and O–H groups in total. The van der Waals surface area contributed by atoms with Crippen LogP contribution in [0.15, 0.2) is 34.6 Å². The number of ketones is 1. The predicted octanol–water partition coefficient (Wildman–Crippen LogP) is 5.45. The molecule has 0 atom stereocenters. The number of nitrogens with zero attached hydrogens (tertiary/aromatic N) is 3. The topological polar surface area (TPSA) is 103 Å². The van der Waals surface area contributed by atoms with Crippen LogP contribution in [0.5, 0.6) is 0 Å². The van der Waals surface area contributed by atoms with Gasteiger partial charge in [0.25, 0.3) is 0 Å². The molecular weight excluding hydrogens is 406 g/mol. The third-order valence-corrected chi connectivity index (χ3v) is 6.38. The van der Waals surface area contributed by atoms with Gasteiger partial charge in [0, 0.05) is 42.1 Å². The molecule has 0 amide bonds. The van der Waals surface area contributed by atoms with Crippen molar-refractivity contribution >= 4 is 46.0 Å². The summed E-state index contributed by atoms with van der Waals surface area (Å²) < 4.78 is 0. The Hall–Kier alpha value is -3.06. The van der Waals surface area contributed by atoms with Gasteiger partial charge in [-0.2, -0.15) is 0 Å². The number of hydrogen-bond acceptors (Lipinski definition) is 6. The van der Waals surface area contributed by atoms with Crippen molar-refractivity contribution in [2.75, 3.05) is 0 Å². The summed E-state index contributed by atoms with van der Waals surface area (Å²) in [5.41, 5.74) is 6.25. The summed E-state index contributed by atoms with van der Waals surface area (Å²) in [5.74, 6) is 0.289. The minimum Gasteiger partial charge on any atom is -0.303 e. The Labute approximate surface area is 186 Å². The number of aliphatic imine (C=N–C) groups is 1. The first kappa shape index (κ1) is 22.6. The second-order valence-corrected chi connectivity index (χ2v) is 9.06. The zero-order chi connectivity index (χ0) is 22.7. The Morgan fingerprint density at radius 3 is 2.58 bits per heavy atom. The van der Waals surface area contributed by atoms with Crippen LogP contribution >= 0.6 is 11.3 Å². The van der Waals surface area contributed by atoms with Crippen molar-refractivity contribution in [3.05, 3.63) is 56.3 Å². The number of amidine groups is 1. The molecule has 7 heteroatoms. The summed E-state index contributed by atoms with van der Waals surface area (Å²) in [7, 11) is 0. The van der Waals surface area contributed by atoms with Gasteiger partial charge in [-0.25, -0.2) is 9.98 Å². The second kappa shape index (κ2) is 9.39. The molecule has 0 aromatic carbocycles. The number of carbonyl (C=O) groups excluding carboxylic acids is 1. The molecule has 2 aromatic heterocycles. The molecule has 0 radical (unpaired) electrons. The van der Waals surface area contributed by atoms with E-state index in [4.69, 9.17) is 10.8 Å². The molecule has 0 fully saturated rings. The number of thiazole rings is 1. The second-order valence-electron chi connectivity index (χ2n) is 7.82. The number of aromatic nitrogens is 2. The average molecular weight is 434 g/mol. The van der Waals surface area contributed by atoms with Crippen LogP contribution in [0.4, 0.5) is 0 Å². The summed E-state index contributed by atoms with van der Waals surface area (Å²) in [5, 5.41) is 16.9. The quantitative estimate of drug-likeness (QED) is 0.567. The van der Waals surface area contributed by atoms with Crippen molar-refractivity contribution in [2.45, 2.75) is 53.9 Å². The van der Waals surface area contributed by atoms with Gasteiger partial charge in [-0.1, -0.05) is 0 Å². The maximum atomic E-state index is 12.8. The lowest BCUT2D eigenvalue weighted by atomic mass is 9.92.